The maximum Gasteiger partial charge on any atom is 0.322 e. The summed E-state index contributed by atoms with van der Waals surface area (Å²) in [5.41, 5.74) is 1.35. The molecule has 1 fully saturated rings. The predicted molar refractivity (Wildman–Crippen MR) is 75.1 cm³/mol. The van der Waals surface area contributed by atoms with Crippen molar-refractivity contribution in [2.75, 3.05) is 0 Å². The molecule has 0 amide bonds. The summed E-state index contributed by atoms with van der Waals surface area (Å²) in [4.78, 5) is 18.5. The van der Waals surface area contributed by atoms with Crippen molar-refractivity contribution in [1.82, 2.24) is 14.3 Å². The molecule has 1 atom stereocenters. The molecule has 0 spiro atoms. The molecule has 1 aromatic rings. The van der Waals surface area contributed by atoms with Gasteiger partial charge in [0, 0.05) is 6.42 Å². The largest absolute Gasteiger partial charge is 0.480 e. The molecular formula is C13H19N3O4S. The second kappa shape index (κ2) is 5.42. The number of carboxylic acid groups (broad SMARTS) is 1. The maximum absolute atomic E-state index is 12.8. The summed E-state index contributed by atoms with van der Waals surface area (Å²) in [5, 5.41) is 8.94. The second-order valence-corrected chi connectivity index (χ2v) is 7.90. The highest BCUT2D eigenvalue weighted by Gasteiger charge is 2.43. The summed E-state index contributed by atoms with van der Waals surface area (Å²) < 4.78 is 26.8. The number of hydrogen-bond donors (Lipinski definition) is 2. The van der Waals surface area contributed by atoms with Gasteiger partial charge in [-0.2, -0.15) is 4.31 Å². The molecule has 21 heavy (non-hydrogen) atoms. The standard InChI is InChI=1S/C13H19N3O4S/c17-13(18)12-6-10-11(15-8-14-10)7-16(12)21(19,20)9-4-2-1-3-5-9/h8-9,12H,1-7H2,(H,14,15)(H,17,18). The number of H-pyrrole nitrogens is 1. The number of carbonyl (C=O) groups is 1. The summed E-state index contributed by atoms with van der Waals surface area (Å²) in [6.45, 7) is 0.0745. The van der Waals surface area contributed by atoms with Gasteiger partial charge < -0.3 is 10.1 Å². The Labute approximate surface area is 123 Å². The number of carboxylic acids is 1. The maximum atomic E-state index is 12.8. The van der Waals surface area contributed by atoms with E-state index >= 15 is 0 Å². The molecule has 2 aliphatic rings. The van der Waals surface area contributed by atoms with Gasteiger partial charge in [0.05, 0.1) is 29.5 Å². The number of imidazole rings is 1. The lowest BCUT2D eigenvalue weighted by atomic mass is 10.0. The predicted octanol–water partition coefficient (Wildman–Crippen LogP) is 0.883. The SMILES string of the molecule is O=C(O)C1Cc2nc[nH]c2CN1S(=O)(=O)C1CCCCC1. The number of nitrogens with one attached hydrogen (secondary N) is 1. The molecule has 2 heterocycles. The Kier molecular flexibility index (Phi) is 3.75. The van der Waals surface area contributed by atoms with Gasteiger partial charge in [-0.25, -0.2) is 13.4 Å². The van der Waals surface area contributed by atoms with Crippen LogP contribution in [0.5, 0.6) is 0 Å². The monoisotopic (exact) mass is 313 g/mol. The highest BCUT2D eigenvalue weighted by Crippen LogP contribution is 2.31. The van der Waals surface area contributed by atoms with Crippen molar-refractivity contribution in [1.29, 1.82) is 0 Å². The Morgan fingerprint density at radius 2 is 2.05 bits per heavy atom. The first kappa shape index (κ1) is 14.5. The average molecular weight is 313 g/mol. The second-order valence-electron chi connectivity index (χ2n) is 5.74. The molecule has 1 unspecified atom stereocenters. The third kappa shape index (κ3) is 2.57. The summed E-state index contributed by atoms with van der Waals surface area (Å²) >= 11 is 0. The molecule has 1 aliphatic carbocycles. The van der Waals surface area contributed by atoms with Crippen LogP contribution in [0, 0.1) is 0 Å². The van der Waals surface area contributed by atoms with Gasteiger partial charge in [0.2, 0.25) is 10.0 Å². The van der Waals surface area contributed by atoms with Crippen LogP contribution in [0.1, 0.15) is 43.5 Å². The number of fused-ring (bicyclic) bond motifs is 1. The number of nitrogens with zero attached hydrogens (tertiary/aromatic N) is 2. The molecule has 116 valence electrons. The zero-order valence-corrected chi connectivity index (χ0v) is 12.5. The minimum atomic E-state index is -3.60. The van der Waals surface area contributed by atoms with Crippen molar-refractivity contribution in [2.45, 2.75) is 56.4 Å². The van der Waals surface area contributed by atoms with E-state index in [1.807, 2.05) is 0 Å². The Balaban J connectivity index is 1.92. The lowest BCUT2D eigenvalue weighted by molar-refractivity contribution is -0.141. The van der Waals surface area contributed by atoms with E-state index in [9.17, 15) is 18.3 Å². The minimum Gasteiger partial charge on any atom is -0.480 e. The van der Waals surface area contributed by atoms with Crippen molar-refractivity contribution in [2.24, 2.45) is 0 Å². The van der Waals surface area contributed by atoms with Gasteiger partial charge in [-0.05, 0) is 12.8 Å². The normalized spacial score (nSPS) is 24.7. The fraction of sp³-hybridized carbons (Fsp3) is 0.692. The molecule has 0 saturated heterocycles. The summed E-state index contributed by atoms with van der Waals surface area (Å²) in [7, 11) is -3.60. The van der Waals surface area contributed by atoms with E-state index in [-0.39, 0.29) is 13.0 Å². The lowest BCUT2D eigenvalue weighted by Crippen LogP contribution is -2.51. The van der Waals surface area contributed by atoms with Crippen LogP contribution in [0.3, 0.4) is 0 Å². The van der Waals surface area contributed by atoms with Gasteiger partial charge in [0.25, 0.3) is 0 Å². The van der Waals surface area contributed by atoms with Gasteiger partial charge in [0.15, 0.2) is 0 Å². The third-order valence-electron chi connectivity index (χ3n) is 4.44. The van der Waals surface area contributed by atoms with Gasteiger partial charge in [0.1, 0.15) is 6.04 Å². The van der Waals surface area contributed by atoms with Crippen molar-refractivity contribution in [3.8, 4) is 0 Å². The van der Waals surface area contributed by atoms with Crippen LogP contribution in [0.2, 0.25) is 0 Å². The molecular weight excluding hydrogens is 294 g/mol. The van der Waals surface area contributed by atoms with Crippen LogP contribution in [0.4, 0.5) is 0 Å². The molecule has 1 aromatic heterocycles. The average Bonchev–Trinajstić information content (AvgIpc) is 2.94. The van der Waals surface area contributed by atoms with Gasteiger partial charge in [-0.3, -0.25) is 4.79 Å². The van der Waals surface area contributed by atoms with Crippen molar-refractivity contribution >= 4 is 16.0 Å². The Morgan fingerprint density at radius 3 is 2.71 bits per heavy atom. The Morgan fingerprint density at radius 1 is 1.33 bits per heavy atom. The van der Waals surface area contributed by atoms with Crippen molar-refractivity contribution in [3.63, 3.8) is 0 Å². The number of sulfonamides is 1. The Hall–Kier alpha value is -1.41. The highest BCUT2D eigenvalue weighted by atomic mass is 32.2. The summed E-state index contributed by atoms with van der Waals surface area (Å²) in [6, 6.07) is -1.05. The van der Waals surface area contributed by atoms with Gasteiger partial charge in [-0.1, -0.05) is 19.3 Å². The molecule has 0 aromatic carbocycles. The van der Waals surface area contributed by atoms with Crippen LogP contribution >= 0.6 is 0 Å². The number of aromatic amines is 1. The van der Waals surface area contributed by atoms with Crippen molar-refractivity contribution in [3.05, 3.63) is 17.7 Å². The topological polar surface area (TPSA) is 103 Å². The van der Waals surface area contributed by atoms with Crippen LogP contribution in [0.15, 0.2) is 6.33 Å². The first-order chi connectivity index (χ1) is 10.00. The third-order valence-corrected chi connectivity index (χ3v) is 6.79. The molecule has 0 bridgehead atoms. The molecule has 8 heteroatoms. The molecule has 2 N–H and O–H groups in total. The molecule has 3 rings (SSSR count). The fourth-order valence-electron chi connectivity index (χ4n) is 3.25. The van der Waals surface area contributed by atoms with E-state index < -0.39 is 27.3 Å². The summed E-state index contributed by atoms with van der Waals surface area (Å²) in [6.07, 6.45) is 5.71. The smallest absolute Gasteiger partial charge is 0.322 e. The minimum absolute atomic E-state index is 0.0745. The van der Waals surface area contributed by atoms with Gasteiger partial charge in [-0.15, -0.1) is 0 Å². The zero-order chi connectivity index (χ0) is 15.0. The number of rotatable bonds is 3. The summed E-state index contributed by atoms with van der Waals surface area (Å²) in [5.74, 6) is -1.11. The number of aromatic nitrogens is 2. The van der Waals surface area contributed by atoms with Crippen LogP contribution in [0.25, 0.3) is 0 Å². The molecule has 7 nitrogen and oxygen atoms in total. The quantitative estimate of drug-likeness (QED) is 0.862. The molecule has 1 saturated carbocycles. The van der Waals surface area contributed by atoms with Crippen molar-refractivity contribution < 1.29 is 18.3 Å². The van der Waals surface area contributed by atoms with E-state index in [2.05, 4.69) is 9.97 Å². The van der Waals surface area contributed by atoms with E-state index in [0.717, 1.165) is 23.6 Å². The van der Waals surface area contributed by atoms with Crippen LogP contribution < -0.4 is 0 Å². The van der Waals surface area contributed by atoms with E-state index in [0.29, 0.717) is 24.2 Å². The first-order valence-electron chi connectivity index (χ1n) is 7.24. The fourth-order valence-corrected chi connectivity index (χ4v) is 5.39. The van der Waals surface area contributed by atoms with Crippen LogP contribution in [-0.4, -0.2) is 45.1 Å². The Bertz CT molecular complexity index is 634. The lowest BCUT2D eigenvalue weighted by Gasteiger charge is -2.35. The van der Waals surface area contributed by atoms with Gasteiger partial charge >= 0.3 is 5.97 Å². The number of aliphatic carboxylic acids is 1. The van der Waals surface area contributed by atoms with Crippen LogP contribution in [-0.2, 0) is 27.8 Å². The highest BCUT2D eigenvalue weighted by molar-refractivity contribution is 7.89. The van der Waals surface area contributed by atoms with E-state index in [1.54, 1.807) is 0 Å². The number of hydrogen-bond acceptors (Lipinski definition) is 4. The zero-order valence-electron chi connectivity index (χ0n) is 11.7. The van der Waals surface area contributed by atoms with E-state index in [4.69, 9.17) is 0 Å². The molecule has 0 radical (unpaired) electrons. The molecule has 1 aliphatic heterocycles. The van der Waals surface area contributed by atoms with E-state index in [1.165, 1.54) is 6.33 Å². The first-order valence-corrected chi connectivity index (χ1v) is 8.75.